The minimum absolute atomic E-state index is 0.0561. The molecule has 1 heterocycles. The molecule has 1 N–H and O–H groups in total. The molecule has 0 amide bonds. The van der Waals surface area contributed by atoms with Gasteiger partial charge in [-0.3, -0.25) is 14.8 Å². The van der Waals surface area contributed by atoms with Gasteiger partial charge in [-0.15, -0.1) is 0 Å². The van der Waals surface area contributed by atoms with Crippen LogP contribution >= 0.6 is 0 Å². The number of aliphatic hydroxyl groups is 1. The maximum Gasteiger partial charge on any atom is 0.306 e. The summed E-state index contributed by atoms with van der Waals surface area (Å²) in [4.78, 5) is 12.4. The lowest BCUT2D eigenvalue weighted by Gasteiger charge is -2.33. The molecule has 2 aromatic rings. The highest BCUT2D eigenvalue weighted by Crippen LogP contribution is 2.24. The summed E-state index contributed by atoms with van der Waals surface area (Å²) in [6.45, 7) is 0.766. The molecule has 1 aromatic carbocycles. The second-order valence-electron chi connectivity index (χ2n) is 6.44. The molecule has 0 saturated carbocycles. The molecule has 0 radical (unpaired) electrons. The predicted octanol–water partition coefficient (Wildman–Crippen LogP) is 1.64. The van der Waals surface area contributed by atoms with Crippen molar-refractivity contribution >= 4 is 5.69 Å². The van der Waals surface area contributed by atoms with Crippen LogP contribution in [0.2, 0.25) is 0 Å². The van der Waals surface area contributed by atoms with Gasteiger partial charge in [0.15, 0.2) is 0 Å². The maximum absolute atomic E-state index is 10.7. The van der Waals surface area contributed by atoms with E-state index in [4.69, 9.17) is 0 Å². The number of aryl methyl sites for hydroxylation is 1. The Morgan fingerprint density at radius 1 is 1.46 bits per heavy atom. The number of aromatic nitrogens is 2. The molecular weight excluding hydrogens is 308 g/mol. The Labute approximate surface area is 140 Å². The summed E-state index contributed by atoms with van der Waals surface area (Å²) >= 11 is 0. The Hall–Kier alpha value is -2.25. The van der Waals surface area contributed by atoms with Crippen molar-refractivity contribution in [2.24, 2.45) is 0 Å². The predicted molar refractivity (Wildman–Crippen MR) is 89.8 cm³/mol. The molecule has 0 spiro atoms. The number of hydrogen-bond acceptors (Lipinski definition) is 5. The number of nitrogens with zero attached hydrogens (tertiary/aromatic N) is 4. The number of benzene rings is 1. The van der Waals surface area contributed by atoms with E-state index in [9.17, 15) is 15.2 Å². The molecule has 3 rings (SSSR count). The van der Waals surface area contributed by atoms with Crippen molar-refractivity contribution in [3.05, 3.63) is 57.9 Å². The van der Waals surface area contributed by atoms with Gasteiger partial charge in [-0.2, -0.15) is 5.10 Å². The fraction of sp³-hybridized carbons (Fsp3) is 0.471. The molecular formula is C17H22N4O3. The first-order valence-corrected chi connectivity index (χ1v) is 8.15. The lowest BCUT2D eigenvalue weighted by Crippen LogP contribution is -2.41. The summed E-state index contributed by atoms with van der Waals surface area (Å²) < 4.78 is 1.42. The minimum Gasteiger partial charge on any atom is -0.390 e. The fourth-order valence-corrected chi connectivity index (χ4v) is 3.36. The average Bonchev–Trinajstić information content (AvgIpc) is 3.03. The van der Waals surface area contributed by atoms with Gasteiger partial charge >= 0.3 is 5.69 Å². The minimum atomic E-state index is -0.619. The van der Waals surface area contributed by atoms with E-state index >= 15 is 0 Å². The first-order valence-electron chi connectivity index (χ1n) is 8.15. The van der Waals surface area contributed by atoms with Crippen LogP contribution in [0.4, 0.5) is 5.69 Å². The van der Waals surface area contributed by atoms with Crippen molar-refractivity contribution in [1.82, 2.24) is 14.7 Å². The highest BCUT2D eigenvalue weighted by Gasteiger charge is 2.23. The van der Waals surface area contributed by atoms with Crippen molar-refractivity contribution in [2.45, 2.75) is 38.0 Å². The standard InChI is InChI=1S/C17H22N4O3/c1-19(15-7-6-13-4-2-3-5-14(13)8-15)11-17(22)12-20-10-16(9-18-20)21(23)24/h2-5,9-10,15,17,22H,6-8,11-12H2,1H3. The van der Waals surface area contributed by atoms with E-state index < -0.39 is 11.0 Å². The molecule has 0 fully saturated rings. The number of rotatable bonds is 6. The molecule has 0 saturated heterocycles. The Balaban J connectivity index is 1.54. The van der Waals surface area contributed by atoms with E-state index in [1.165, 1.54) is 28.2 Å². The van der Waals surface area contributed by atoms with E-state index in [0.29, 0.717) is 12.6 Å². The fourth-order valence-electron chi connectivity index (χ4n) is 3.36. The van der Waals surface area contributed by atoms with Crippen molar-refractivity contribution in [1.29, 1.82) is 0 Å². The molecule has 2 atom stereocenters. The van der Waals surface area contributed by atoms with Crippen LogP contribution in [0, 0.1) is 10.1 Å². The molecule has 7 heteroatoms. The van der Waals surface area contributed by atoms with Gasteiger partial charge in [0.1, 0.15) is 12.4 Å². The normalized spacial score (nSPS) is 18.4. The monoisotopic (exact) mass is 330 g/mol. The summed E-state index contributed by atoms with van der Waals surface area (Å²) in [5, 5.41) is 24.9. The van der Waals surface area contributed by atoms with E-state index in [1.54, 1.807) is 0 Å². The van der Waals surface area contributed by atoms with E-state index in [1.807, 2.05) is 7.05 Å². The van der Waals surface area contributed by atoms with Crippen LogP contribution in [-0.4, -0.2) is 50.4 Å². The number of likely N-dealkylation sites (N-methyl/N-ethyl adjacent to an activating group) is 1. The van der Waals surface area contributed by atoms with Crippen LogP contribution in [0.15, 0.2) is 36.7 Å². The summed E-state index contributed by atoms with van der Waals surface area (Å²) in [5.41, 5.74) is 2.75. The Morgan fingerprint density at radius 3 is 2.92 bits per heavy atom. The van der Waals surface area contributed by atoms with Gasteiger partial charge in [-0.05, 0) is 37.4 Å². The zero-order chi connectivity index (χ0) is 17.1. The zero-order valence-corrected chi connectivity index (χ0v) is 13.7. The number of fused-ring (bicyclic) bond motifs is 1. The lowest BCUT2D eigenvalue weighted by molar-refractivity contribution is -0.385. The van der Waals surface area contributed by atoms with Gasteiger partial charge in [-0.1, -0.05) is 24.3 Å². The highest BCUT2D eigenvalue weighted by molar-refractivity contribution is 5.30. The summed E-state index contributed by atoms with van der Waals surface area (Å²) in [7, 11) is 2.02. The third-order valence-corrected chi connectivity index (χ3v) is 4.67. The molecule has 1 aliphatic rings. The molecule has 7 nitrogen and oxygen atoms in total. The van der Waals surface area contributed by atoms with Crippen molar-refractivity contribution in [2.75, 3.05) is 13.6 Å². The number of aliphatic hydroxyl groups excluding tert-OH is 1. The van der Waals surface area contributed by atoms with Gasteiger partial charge in [0.05, 0.1) is 17.6 Å². The topological polar surface area (TPSA) is 84.4 Å². The van der Waals surface area contributed by atoms with Crippen LogP contribution in [-0.2, 0) is 19.4 Å². The Bertz CT molecular complexity index is 715. The highest BCUT2D eigenvalue weighted by atomic mass is 16.6. The van der Waals surface area contributed by atoms with Gasteiger partial charge in [-0.25, -0.2) is 0 Å². The van der Waals surface area contributed by atoms with Gasteiger partial charge in [0.25, 0.3) is 0 Å². The quantitative estimate of drug-likeness (QED) is 0.643. The molecule has 2 unspecified atom stereocenters. The van der Waals surface area contributed by atoms with E-state index in [-0.39, 0.29) is 12.2 Å². The third-order valence-electron chi connectivity index (χ3n) is 4.67. The zero-order valence-electron chi connectivity index (χ0n) is 13.7. The summed E-state index contributed by atoms with van der Waals surface area (Å²) in [6, 6.07) is 8.91. The SMILES string of the molecule is CN(CC(O)Cn1cc([N+](=O)[O-])cn1)C1CCc2ccccc2C1. The third kappa shape index (κ3) is 3.80. The first kappa shape index (κ1) is 16.6. The van der Waals surface area contributed by atoms with Crippen molar-refractivity contribution in [3.63, 3.8) is 0 Å². The van der Waals surface area contributed by atoms with Gasteiger partial charge in [0.2, 0.25) is 0 Å². The smallest absolute Gasteiger partial charge is 0.306 e. The molecule has 128 valence electrons. The average molecular weight is 330 g/mol. The summed E-state index contributed by atoms with van der Waals surface area (Å²) in [6.07, 6.45) is 5.06. The summed E-state index contributed by atoms with van der Waals surface area (Å²) in [5.74, 6) is 0. The number of hydrogen-bond donors (Lipinski definition) is 1. The lowest BCUT2D eigenvalue weighted by atomic mass is 9.87. The number of nitro groups is 1. The molecule has 0 aliphatic heterocycles. The molecule has 1 aromatic heterocycles. The maximum atomic E-state index is 10.7. The van der Waals surface area contributed by atoms with Crippen molar-refractivity contribution < 1.29 is 10.0 Å². The first-order chi connectivity index (χ1) is 11.5. The second kappa shape index (κ2) is 7.11. The van der Waals surface area contributed by atoms with Crippen LogP contribution in [0.3, 0.4) is 0 Å². The molecule has 0 bridgehead atoms. The largest absolute Gasteiger partial charge is 0.390 e. The Kier molecular flexibility index (Phi) is 4.92. The molecule has 1 aliphatic carbocycles. The van der Waals surface area contributed by atoms with Gasteiger partial charge in [0, 0.05) is 12.6 Å². The second-order valence-corrected chi connectivity index (χ2v) is 6.44. The van der Waals surface area contributed by atoms with Crippen LogP contribution < -0.4 is 0 Å². The van der Waals surface area contributed by atoms with E-state index in [2.05, 4.69) is 34.3 Å². The van der Waals surface area contributed by atoms with Crippen LogP contribution in [0.5, 0.6) is 0 Å². The Morgan fingerprint density at radius 2 is 2.21 bits per heavy atom. The van der Waals surface area contributed by atoms with Crippen molar-refractivity contribution in [3.8, 4) is 0 Å². The molecule has 24 heavy (non-hydrogen) atoms. The van der Waals surface area contributed by atoms with E-state index in [0.717, 1.165) is 19.3 Å². The van der Waals surface area contributed by atoms with Gasteiger partial charge < -0.3 is 10.0 Å². The van der Waals surface area contributed by atoms with Crippen LogP contribution in [0.1, 0.15) is 17.5 Å². The van der Waals surface area contributed by atoms with Crippen LogP contribution in [0.25, 0.3) is 0 Å².